The van der Waals surface area contributed by atoms with E-state index >= 15 is 0 Å². The molecule has 1 atom stereocenters. The number of benzene rings is 1. The van der Waals surface area contributed by atoms with Gasteiger partial charge < -0.3 is 10.5 Å². The molecule has 120 valence electrons. The molecule has 7 nitrogen and oxygen atoms in total. The van der Waals surface area contributed by atoms with Gasteiger partial charge in [0.25, 0.3) is 0 Å². The summed E-state index contributed by atoms with van der Waals surface area (Å²) in [4.78, 5) is 24.6. The standard InChI is InChI=1S/C14H18N4O3.ClH/c15-11-7-4-8-18(12(11)19)13(16)17-14(20)21-9-10-5-2-1-3-6-10;/h1-3,5-6,11H,4,7-9,15H2,(H2,16,17,20);1H. The maximum Gasteiger partial charge on any atom is 0.414 e. The molecule has 0 spiro atoms. The molecule has 8 heteroatoms. The number of hydrogen-bond acceptors (Lipinski definition) is 5. The lowest BCUT2D eigenvalue weighted by atomic mass is 10.1. The number of alkyl carbamates (subject to hydrolysis) is 1. The van der Waals surface area contributed by atoms with Crippen molar-refractivity contribution in [1.29, 1.82) is 5.41 Å². The van der Waals surface area contributed by atoms with Crippen molar-refractivity contribution < 1.29 is 14.3 Å². The maximum absolute atomic E-state index is 11.8. The molecular weight excluding hydrogens is 308 g/mol. The van der Waals surface area contributed by atoms with E-state index in [1.165, 1.54) is 0 Å². The molecule has 1 saturated heterocycles. The highest BCUT2D eigenvalue weighted by atomic mass is 35.5. The third-order valence-electron chi connectivity index (χ3n) is 3.18. The molecule has 0 aliphatic carbocycles. The Labute approximate surface area is 134 Å². The minimum absolute atomic E-state index is 0. The third kappa shape index (κ3) is 4.71. The summed E-state index contributed by atoms with van der Waals surface area (Å²) in [5.41, 5.74) is 6.48. The number of rotatable bonds is 2. The summed E-state index contributed by atoms with van der Waals surface area (Å²) >= 11 is 0. The van der Waals surface area contributed by atoms with E-state index in [1.54, 1.807) is 0 Å². The van der Waals surface area contributed by atoms with E-state index < -0.39 is 12.1 Å². The monoisotopic (exact) mass is 326 g/mol. The highest BCUT2D eigenvalue weighted by Gasteiger charge is 2.29. The fourth-order valence-corrected chi connectivity index (χ4v) is 2.05. The number of carbonyl (C=O) groups excluding carboxylic acids is 2. The van der Waals surface area contributed by atoms with Crippen molar-refractivity contribution in [1.82, 2.24) is 10.2 Å². The first-order valence-corrected chi connectivity index (χ1v) is 6.71. The number of nitrogens with two attached hydrogens (primary N) is 1. The van der Waals surface area contributed by atoms with Crippen molar-refractivity contribution in [2.45, 2.75) is 25.5 Å². The topological polar surface area (TPSA) is 109 Å². The van der Waals surface area contributed by atoms with E-state index in [1.807, 2.05) is 30.3 Å². The molecule has 0 radical (unpaired) electrons. The molecule has 1 aliphatic rings. The van der Waals surface area contributed by atoms with Gasteiger partial charge in [-0.3, -0.25) is 20.4 Å². The Morgan fingerprint density at radius 2 is 2.09 bits per heavy atom. The van der Waals surface area contributed by atoms with E-state index in [4.69, 9.17) is 15.9 Å². The number of guanidine groups is 1. The molecule has 2 amide bonds. The van der Waals surface area contributed by atoms with Crippen LogP contribution in [0, 0.1) is 5.41 Å². The van der Waals surface area contributed by atoms with Crippen LogP contribution >= 0.6 is 12.4 Å². The Kier molecular flexibility index (Phi) is 6.81. The normalized spacial score (nSPS) is 17.4. The Morgan fingerprint density at radius 1 is 1.41 bits per heavy atom. The van der Waals surface area contributed by atoms with Crippen LogP contribution in [0.1, 0.15) is 18.4 Å². The number of likely N-dealkylation sites (tertiary alicyclic amines) is 1. The molecule has 4 N–H and O–H groups in total. The van der Waals surface area contributed by atoms with E-state index in [-0.39, 0.29) is 30.9 Å². The molecule has 1 aliphatic heterocycles. The van der Waals surface area contributed by atoms with Gasteiger partial charge in [-0.1, -0.05) is 30.3 Å². The average Bonchev–Trinajstić information content (AvgIpc) is 2.49. The molecule has 2 rings (SSSR count). The number of nitrogens with one attached hydrogen (secondary N) is 2. The second-order valence-corrected chi connectivity index (χ2v) is 4.77. The summed E-state index contributed by atoms with van der Waals surface area (Å²) in [5, 5.41) is 10.00. The van der Waals surface area contributed by atoms with Crippen LogP contribution in [-0.2, 0) is 16.1 Å². The second kappa shape index (κ2) is 8.35. The van der Waals surface area contributed by atoms with Gasteiger partial charge >= 0.3 is 6.09 Å². The fraction of sp³-hybridized carbons (Fsp3) is 0.357. The summed E-state index contributed by atoms with van der Waals surface area (Å²) < 4.78 is 4.99. The fourth-order valence-electron chi connectivity index (χ4n) is 2.05. The zero-order valence-electron chi connectivity index (χ0n) is 12.0. The number of carbonyl (C=O) groups is 2. The van der Waals surface area contributed by atoms with Crippen LogP contribution < -0.4 is 11.1 Å². The largest absolute Gasteiger partial charge is 0.444 e. The van der Waals surface area contributed by atoms with E-state index in [9.17, 15) is 9.59 Å². The molecule has 1 unspecified atom stereocenters. The van der Waals surface area contributed by atoms with Crippen LogP contribution in [0.5, 0.6) is 0 Å². The van der Waals surface area contributed by atoms with Gasteiger partial charge in [-0.15, -0.1) is 12.4 Å². The van der Waals surface area contributed by atoms with Gasteiger partial charge in [0.15, 0.2) is 0 Å². The first-order chi connectivity index (χ1) is 10.1. The zero-order chi connectivity index (χ0) is 15.2. The van der Waals surface area contributed by atoms with Crippen molar-refractivity contribution in [3.8, 4) is 0 Å². The zero-order valence-corrected chi connectivity index (χ0v) is 12.8. The lowest BCUT2D eigenvalue weighted by molar-refractivity contribution is -0.130. The Balaban J connectivity index is 0.00000242. The summed E-state index contributed by atoms with van der Waals surface area (Å²) in [7, 11) is 0. The van der Waals surface area contributed by atoms with Gasteiger partial charge in [0.05, 0.1) is 6.04 Å². The molecule has 22 heavy (non-hydrogen) atoms. The van der Waals surface area contributed by atoms with Gasteiger partial charge in [0, 0.05) is 6.54 Å². The summed E-state index contributed by atoms with van der Waals surface area (Å²) in [6, 6.07) is 8.59. The third-order valence-corrected chi connectivity index (χ3v) is 3.18. The summed E-state index contributed by atoms with van der Waals surface area (Å²) in [5.74, 6) is -0.650. The van der Waals surface area contributed by atoms with Crippen molar-refractivity contribution in [2.24, 2.45) is 5.73 Å². The quantitative estimate of drug-likeness (QED) is 0.560. The summed E-state index contributed by atoms with van der Waals surface area (Å²) in [6.07, 6.45) is 0.535. The first kappa shape index (κ1) is 17.9. The number of amides is 2. The Morgan fingerprint density at radius 3 is 2.77 bits per heavy atom. The Bertz CT molecular complexity index is 538. The van der Waals surface area contributed by atoms with Gasteiger partial charge in [-0.2, -0.15) is 0 Å². The number of halogens is 1. The number of nitrogens with zero attached hydrogens (tertiary/aromatic N) is 1. The molecule has 0 saturated carbocycles. The predicted molar refractivity (Wildman–Crippen MR) is 83.7 cm³/mol. The predicted octanol–water partition coefficient (Wildman–Crippen LogP) is 1.22. The van der Waals surface area contributed by atoms with Crippen LogP contribution in [0.4, 0.5) is 4.79 Å². The highest BCUT2D eigenvalue weighted by Crippen LogP contribution is 2.09. The van der Waals surface area contributed by atoms with Crippen molar-refractivity contribution >= 4 is 30.4 Å². The van der Waals surface area contributed by atoms with Crippen LogP contribution in [0.2, 0.25) is 0 Å². The minimum Gasteiger partial charge on any atom is -0.444 e. The number of hydrogen-bond donors (Lipinski definition) is 3. The van der Waals surface area contributed by atoms with Crippen LogP contribution in [0.15, 0.2) is 30.3 Å². The lowest BCUT2D eigenvalue weighted by Gasteiger charge is -2.30. The number of ether oxygens (including phenoxy) is 1. The Hall–Kier alpha value is -2.12. The molecule has 1 heterocycles. The lowest BCUT2D eigenvalue weighted by Crippen LogP contribution is -2.55. The van der Waals surface area contributed by atoms with Crippen LogP contribution in [0.25, 0.3) is 0 Å². The first-order valence-electron chi connectivity index (χ1n) is 6.71. The van der Waals surface area contributed by atoms with Crippen LogP contribution in [-0.4, -0.2) is 35.4 Å². The van der Waals surface area contributed by atoms with E-state index in [2.05, 4.69) is 5.32 Å². The second-order valence-electron chi connectivity index (χ2n) is 4.77. The molecule has 0 aromatic heterocycles. The van der Waals surface area contributed by atoms with Gasteiger partial charge in [-0.25, -0.2) is 4.79 Å². The number of piperidine rings is 1. The van der Waals surface area contributed by atoms with E-state index in [0.717, 1.165) is 10.5 Å². The van der Waals surface area contributed by atoms with Crippen LogP contribution in [0.3, 0.4) is 0 Å². The van der Waals surface area contributed by atoms with E-state index in [0.29, 0.717) is 19.4 Å². The SMILES string of the molecule is Cl.N=C(NC(=O)OCc1ccccc1)N1CCCC(N)C1=O. The smallest absolute Gasteiger partial charge is 0.414 e. The molecule has 1 aromatic carbocycles. The summed E-state index contributed by atoms with van der Waals surface area (Å²) in [6.45, 7) is 0.484. The maximum atomic E-state index is 11.8. The minimum atomic E-state index is -0.768. The van der Waals surface area contributed by atoms with Gasteiger partial charge in [0.1, 0.15) is 6.61 Å². The van der Waals surface area contributed by atoms with Crippen molar-refractivity contribution in [2.75, 3.05) is 6.54 Å². The average molecular weight is 327 g/mol. The van der Waals surface area contributed by atoms with Crippen molar-refractivity contribution in [3.63, 3.8) is 0 Å². The molecule has 1 aromatic rings. The molecular formula is C14H19ClN4O3. The highest BCUT2D eigenvalue weighted by molar-refractivity contribution is 6.03. The molecule has 1 fully saturated rings. The molecule has 0 bridgehead atoms. The van der Waals surface area contributed by atoms with Crippen molar-refractivity contribution in [3.05, 3.63) is 35.9 Å². The van der Waals surface area contributed by atoms with Gasteiger partial charge in [-0.05, 0) is 18.4 Å². The van der Waals surface area contributed by atoms with Gasteiger partial charge in [0.2, 0.25) is 11.9 Å².